The molecule has 2 fully saturated rings. The summed E-state index contributed by atoms with van der Waals surface area (Å²) >= 11 is 0. The van der Waals surface area contributed by atoms with E-state index in [-0.39, 0.29) is 5.41 Å². The Hall–Kier alpha value is -2.37. The van der Waals surface area contributed by atoms with Crippen LogP contribution < -0.4 is 10.6 Å². The van der Waals surface area contributed by atoms with E-state index in [2.05, 4.69) is 77.1 Å². The summed E-state index contributed by atoms with van der Waals surface area (Å²) < 4.78 is 5.48. The molecule has 4 rings (SSSR count). The van der Waals surface area contributed by atoms with Gasteiger partial charge in [-0.05, 0) is 36.5 Å². The summed E-state index contributed by atoms with van der Waals surface area (Å²) in [6, 6.07) is 19.5. The highest BCUT2D eigenvalue weighted by atomic mass is 16.5. The van der Waals surface area contributed by atoms with Crippen molar-refractivity contribution in [2.45, 2.75) is 38.3 Å². The molecule has 0 radical (unpaired) electrons. The van der Waals surface area contributed by atoms with Crippen LogP contribution in [0.1, 0.15) is 36.5 Å². The van der Waals surface area contributed by atoms with Crippen molar-refractivity contribution in [3.8, 4) is 0 Å². The van der Waals surface area contributed by atoms with Crippen LogP contribution in [0.2, 0.25) is 0 Å². The minimum atomic E-state index is 0.270. The molecule has 2 N–H and O–H groups in total. The van der Waals surface area contributed by atoms with Crippen LogP contribution in [0.4, 0.5) is 0 Å². The van der Waals surface area contributed by atoms with E-state index >= 15 is 0 Å². The summed E-state index contributed by atoms with van der Waals surface area (Å²) in [7, 11) is 0. The molecule has 1 saturated heterocycles. The first kappa shape index (κ1) is 20.9. The van der Waals surface area contributed by atoms with Gasteiger partial charge in [0.2, 0.25) is 0 Å². The number of hydrogen-bond donors (Lipinski definition) is 2. The molecule has 0 spiro atoms. The lowest BCUT2D eigenvalue weighted by Crippen LogP contribution is -2.41. The van der Waals surface area contributed by atoms with Gasteiger partial charge in [-0.15, -0.1) is 0 Å². The summed E-state index contributed by atoms with van der Waals surface area (Å²) in [5, 5.41) is 7.02. The van der Waals surface area contributed by atoms with Crippen molar-refractivity contribution < 1.29 is 4.74 Å². The van der Waals surface area contributed by atoms with Crippen LogP contribution in [0, 0.1) is 0 Å². The average Bonchev–Trinajstić information content (AvgIpc) is 3.59. The monoisotopic (exact) mass is 406 g/mol. The van der Waals surface area contributed by atoms with Gasteiger partial charge in [-0.1, -0.05) is 54.6 Å². The molecule has 2 aromatic carbocycles. The smallest absolute Gasteiger partial charge is 0.191 e. The molecule has 30 heavy (non-hydrogen) atoms. The van der Waals surface area contributed by atoms with Gasteiger partial charge in [0.05, 0.1) is 19.8 Å². The second kappa shape index (κ2) is 10.1. The second-order valence-electron chi connectivity index (χ2n) is 8.35. The highest BCUT2D eigenvalue weighted by Gasteiger charge is 2.43. The Bertz CT molecular complexity index is 826. The Labute approximate surface area is 180 Å². The number of guanidine groups is 1. The van der Waals surface area contributed by atoms with Gasteiger partial charge in [0.25, 0.3) is 0 Å². The topological polar surface area (TPSA) is 48.9 Å². The van der Waals surface area contributed by atoms with E-state index in [9.17, 15) is 0 Å². The van der Waals surface area contributed by atoms with Crippen molar-refractivity contribution in [2.75, 3.05) is 39.4 Å². The van der Waals surface area contributed by atoms with Gasteiger partial charge in [-0.25, -0.2) is 4.99 Å². The number of morpholine rings is 1. The first-order valence-corrected chi connectivity index (χ1v) is 11.2. The molecule has 160 valence electrons. The standard InChI is InChI=1S/C25H34N4O/c1-2-26-24(28-20-25(12-13-25)23-10-4-3-5-11-23)27-18-21-8-6-7-9-22(21)19-29-14-16-30-17-15-29/h3-11H,2,12-20H2,1H3,(H2,26,27,28). The molecule has 0 atom stereocenters. The summed E-state index contributed by atoms with van der Waals surface area (Å²) in [6.45, 7) is 9.23. The van der Waals surface area contributed by atoms with E-state index in [1.165, 1.54) is 29.5 Å². The van der Waals surface area contributed by atoms with Crippen LogP contribution in [0.5, 0.6) is 0 Å². The Kier molecular flexibility index (Phi) is 7.03. The minimum Gasteiger partial charge on any atom is -0.379 e. The Morgan fingerprint density at radius 3 is 2.37 bits per heavy atom. The van der Waals surface area contributed by atoms with Crippen LogP contribution >= 0.6 is 0 Å². The van der Waals surface area contributed by atoms with Crippen molar-refractivity contribution >= 4 is 5.96 Å². The molecule has 0 aromatic heterocycles. The van der Waals surface area contributed by atoms with Gasteiger partial charge < -0.3 is 15.4 Å². The average molecular weight is 407 g/mol. The third-order valence-corrected chi connectivity index (χ3v) is 6.20. The molecule has 2 aliphatic rings. The van der Waals surface area contributed by atoms with Crippen LogP contribution in [0.3, 0.4) is 0 Å². The van der Waals surface area contributed by atoms with Crippen LogP contribution in [-0.2, 0) is 23.2 Å². The maximum Gasteiger partial charge on any atom is 0.191 e. The maximum atomic E-state index is 5.48. The van der Waals surface area contributed by atoms with Gasteiger partial charge in [-0.2, -0.15) is 0 Å². The first-order chi connectivity index (χ1) is 14.8. The SMILES string of the molecule is CCNC(=NCc1ccccc1CN1CCOCC1)NCC1(c2ccccc2)CC1. The maximum absolute atomic E-state index is 5.48. The third kappa shape index (κ3) is 5.41. The predicted molar refractivity (Wildman–Crippen MR) is 123 cm³/mol. The van der Waals surface area contributed by atoms with Crippen LogP contribution in [0.15, 0.2) is 59.6 Å². The second-order valence-corrected chi connectivity index (χ2v) is 8.35. The predicted octanol–water partition coefficient (Wildman–Crippen LogP) is 3.31. The van der Waals surface area contributed by atoms with Crippen molar-refractivity contribution in [2.24, 2.45) is 4.99 Å². The lowest BCUT2D eigenvalue weighted by atomic mass is 9.96. The summed E-state index contributed by atoms with van der Waals surface area (Å²) in [5.74, 6) is 0.904. The largest absolute Gasteiger partial charge is 0.379 e. The summed E-state index contributed by atoms with van der Waals surface area (Å²) in [6.07, 6.45) is 2.48. The van der Waals surface area contributed by atoms with E-state index in [1.54, 1.807) is 0 Å². The molecule has 5 nitrogen and oxygen atoms in total. The lowest BCUT2D eigenvalue weighted by Gasteiger charge is -2.27. The zero-order valence-corrected chi connectivity index (χ0v) is 18.1. The molecule has 1 heterocycles. The number of hydrogen-bond acceptors (Lipinski definition) is 3. The Balaban J connectivity index is 1.39. The van der Waals surface area contributed by atoms with E-state index < -0.39 is 0 Å². The minimum absolute atomic E-state index is 0.270. The molecule has 1 aliphatic heterocycles. The van der Waals surface area contributed by atoms with Gasteiger partial charge in [0.1, 0.15) is 0 Å². The molecular formula is C25H34N4O. The third-order valence-electron chi connectivity index (χ3n) is 6.20. The van der Waals surface area contributed by atoms with Gasteiger partial charge >= 0.3 is 0 Å². The van der Waals surface area contributed by atoms with Crippen LogP contribution in [0.25, 0.3) is 0 Å². The lowest BCUT2D eigenvalue weighted by molar-refractivity contribution is 0.0341. The number of aliphatic imine (C=N–C) groups is 1. The zero-order valence-electron chi connectivity index (χ0n) is 18.1. The first-order valence-electron chi connectivity index (χ1n) is 11.2. The van der Waals surface area contributed by atoms with Crippen molar-refractivity contribution in [3.63, 3.8) is 0 Å². The fraction of sp³-hybridized carbons (Fsp3) is 0.480. The number of rotatable bonds is 8. The highest BCUT2D eigenvalue weighted by molar-refractivity contribution is 5.80. The molecule has 0 bridgehead atoms. The number of benzene rings is 2. The zero-order chi connectivity index (χ0) is 20.7. The number of nitrogens with zero attached hydrogens (tertiary/aromatic N) is 2. The normalized spacial score (nSPS) is 18.8. The van der Waals surface area contributed by atoms with Gasteiger partial charge in [0, 0.05) is 38.1 Å². The van der Waals surface area contributed by atoms with E-state index in [1.807, 2.05) is 0 Å². The van der Waals surface area contributed by atoms with E-state index in [4.69, 9.17) is 9.73 Å². The Morgan fingerprint density at radius 1 is 0.967 bits per heavy atom. The van der Waals surface area contributed by atoms with Crippen LogP contribution in [-0.4, -0.2) is 50.3 Å². The molecule has 0 unspecified atom stereocenters. The summed E-state index contributed by atoms with van der Waals surface area (Å²) in [5.41, 5.74) is 4.36. The molecule has 2 aromatic rings. The quantitative estimate of drug-likeness (QED) is 0.522. The fourth-order valence-electron chi connectivity index (χ4n) is 4.14. The van der Waals surface area contributed by atoms with Crippen molar-refractivity contribution in [1.29, 1.82) is 0 Å². The highest BCUT2D eigenvalue weighted by Crippen LogP contribution is 2.47. The number of ether oxygens (including phenoxy) is 1. The van der Waals surface area contributed by atoms with E-state index in [0.29, 0.717) is 6.54 Å². The molecule has 1 saturated carbocycles. The van der Waals surface area contributed by atoms with Gasteiger partial charge in [0.15, 0.2) is 5.96 Å². The molecule has 1 aliphatic carbocycles. The number of nitrogens with one attached hydrogen (secondary N) is 2. The summed E-state index contributed by atoms with van der Waals surface area (Å²) in [4.78, 5) is 7.38. The van der Waals surface area contributed by atoms with Crippen molar-refractivity contribution in [3.05, 3.63) is 71.3 Å². The van der Waals surface area contributed by atoms with Crippen molar-refractivity contribution in [1.82, 2.24) is 15.5 Å². The molecule has 0 amide bonds. The van der Waals surface area contributed by atoms with E-state index in [0.717, 1.165) is 51.9 Å². The fourth-order valence-corrected chi connectivity index (χ4v) is 4.14. The molecular weight excluding hydrogens is 372 g/mol. The van der Waals surface area contributed by atoms with Gasteiger partial charge in [-0.3, -0.25) is 4.90 Å². The Morgan fingerprint density at radius 2 is 1.67 bits per heavy atom. The molecule has 5 heteroatoms.